The van der Waals surface area contributed by atoms with Crippen LogP contribution in [0.2, 0.25) is 0 Å². The summed E-state index contributed by atoms with van der Waals surface area (Å²) < 4.78 is 77.4. The van der Waals surface area contributed by atoms with Gasteiger partial charge < -0.3 is 14.5 Å². The van der Waals surface area contributed by atoms with E-state index < -0.39 is 27.9 Å². The Morgan fingerprint density at radius 3 is 2.70 bits per heavy atom. The van der Waals surface area contributed by atoms with Crippen molar-refractivity contribution in [3.8, 4) is 0 Å². The molecule has 182 valence electrons. The third kappa shape index (κ3) is 6.43. The van der Waals surface area contributed by atoms with Crippen LogP contribution in [-0.4, -0.2) is 68.5 Å². The number of oxazole rings is 1. The number of carbonyl (C=O) groups is 1. The normalized spacial score (nSPS) is 16.4. The zero-order valence-corrected chi connectivity index (χ0v) is 18.8. The molecule has 33 heavy (non-hydrogen) atoms. The smallest absolute Gasteiger partial charge is 0.416 e. The van der Waals surface area contributed by atoms with Crippen molar-refractivity contribution in [1.29, 1.82) is 0 Å². The summed E-state index contributed by atoms with van der Waals surface area (Å²) in [5.41, 5.74) is -0.649. The highest BCUT2D eigenvalue weighted by Gasteiger charge is 2.31. The summed E-state index contributed by atoms with van der Waals surface area (Å²) in [5.74, 6) is -1.02. The van der Waals surface area contributed by atoms with Crippen LogP contribution < -0.4 is 10.0 Å². The molecule has 0 aliphatic carbocycles. The largest absolute Gasteiger partial charge is 0.431 e. The van der Waals surface area contributed by atoms with E-state index in [4.69, 9.17) is 9.15 Å². The molecule has 14 heteroatoms. The average molecular weight is 491 g/mol. The number of aryl methyl sites for hydroxylation is 1. The molecular weight excluding hydrogens is 467 g/mol. The molecule has 0 radical (unpaired) electrons. The predicted octanol–water partition coefficient (Wildman–Crippen LogP) is 2.33. The summed E-state index contributed by atoms with van der Waals surface area (Å²) in [6.07, 6.45) is -3.06. The van der Waals surface area contributed by atoms with Gasteiger partial charge in [0.2, 0.25) is 0 Å². The molecule has 0 bridgehead atoms. The maximum atomic E-state index is 13.0. The van der Waals surface area contributed by atoms with Gasteiger partial charge in [-0.3, -0.25) is 9.69 Å². The lowest BCUT2D eigenvalue weighted by Crippen LogP contribution is -2.45. The number of rotatable bonds is 7. The number of hydrogen-bond donors (Lipinski definition) is 2. The predicted molar refractivity (Wildman–Crippen MR) is 112 cm³/mol. The molecule has 2 aromatic rings. The fourth-order valence-electron chi connectivity index (χ4n) is 3.22. The summed E-state index contributed by atoms with van der Waals surface area (Å²) in [6, 6.07) is 2.85. The molecule has 0 spiro atoms. The van der Waals surface area contributed by atoms with Crippen molar-refractivity contribution in [3.05, 3.63) is 41.3 Å². The highest BCUT2D eigenvalue weighted by Crippen LogP contribution is 2.33. The third-order valence-electron chi connectivity index (χ3n) is 4.96. The molecule has 1 fully saturated rings. The summed E-state index contributed by atoms with van der Waals surface area (Å²) in [6.45, 7) is 3.45. The first-order chi connectivity index (χ1) is 15.5. The topological polar surface area (TPSA) is 117 Å². The molecule has 1 aromatic carbocycles. The van der Waals surface area contributed by atoms with Crippen LogP contribution in [-0.2, 0) is 21.1 Å². The number of hydrogen-bond acceptors (Lipinski definition) is 8. The van der Waals surface area contributed by atoms with Crippen LogP contribution in [0.25, 0.3) is 0 Å². The van der Waals surface area contributed by atoms with Crippen LogP contribution in [0.5, 0.6) is 0 Å². The molecular formula is C19H24F3N5O5S. The first kappa shape index (κ1) is 25.0. The molecule has 3 rings (SSSR count). The molecule has 0 atom stereocenters. The number of nitrogens with zero attached hydrogens (tertiary/aromatic N) is 3. The molecule has 1 aliphatic rings. The molecule has 2 N–H and O–H groups in total. The second-order valence-electron chi connectivity index (χ2n) is 7.41. The Hall–Kier alpha value is -2.68. The van der Waals surface area contributed by atoms with Gasteiger partial charge in [-0.1, -0.05) is 6.07 Å². The van der Waals surface area contributed by atoms with E-state index in [1.165, 1.54) is 6.07 Å². The van der Waals surface area contributed by atoms with E-state index in [1.807, 2.05) is 9.62 Å². The highest BCUT2D eigenvalue weighted by atomic mass is 32.2. The van der Waals surface area contributed by atoms with E-state index in [0.29, 0.717) is 31.8 Å². The fourth-order valence-corrected chi connectivity index (χ4v) is 4.38. The van der Waals surface area contributed by atoms with E-state index in [2.05, 4.69) is 10.3 Å². The molecule has 1 aromatic heterocycles. The van der Waals surface area contributed by atoms with Crippen LogP contribution in [0.4, 0.5) is 24.9 Å². The number of nitrogens with one attached hydrogen (secondary N) is 2. The van der Waals surface area contributed by atoms with E-state index in [9.17, 15) is 26.4 Å². The molecule has 1 saturated heterocycles. The monoisotopic (exact) mass is 491 g/mol. The molecule has 0 unspecified atom stereocenters. The summed E-state index contributed by atoms with van der Waals surface area (Å²) in [4.78, 5) is 18.2. The van der Waals surface area contributed by atoms with Crippen molar-refractivity contribution in [2.75, 3.05) is 45.3 Å². The minimum atomic E-state index is -4.53. The van der Waals surface area contributed by atoms with Gasteiger partial charge in [0.15, 0.2) is 5.69 Å². The van der Waals surface area contributed by atoms with Gasteiger partial charge in [-0.25, -0.2) is 4.72 Å². The van der Waals surface area contributed by atoms with E-state index in [1.54, 1.807) is 14.0 Å². The Morgan fingerprint density at radius 1 is 1.24 bits per heavy atom. The summed E-state index contributed by atoms with van der Waals surface area (Å²) in [7, 11) is -2.58. The summed E-state index contributed by atoms with van der Waals surface area (Å²) >= 11 is 0. The van der Waals surface area contributed by atoms with Crippen molar-refractivity contribution < 1.29 is 35.5 Å². The van der Waals surface area contributed by atoms with Gasteiger partial charge in [0, 0.05) is 39.0 Å². The lowest BCUT2D eigenvalue weighted by Gasteiger charge is -2.21. The molecule has 10 nitrogen and oxygen atoms in total. The lowest BCUT2D eigenvalue weighted by atomic mass is 10.1. The Labute approximate surface area is 188 Å². The van der Waals surface area contributed by atoms with Gasteiger partial charge in [-0.15, -0.1) is 0 Å². The number of amides is 1. The minimum Gasteiger partial charge on any atom is -0.431 e. The number of alkyl halides is 3. The highest BCUT2D eigenvalue weighted by molar-refractivity contribution is 7.87. The van der Waals surface area contributed by atoms with Crippen LogP contribution >= 0.6 is 0 Å². The van der Waals surface area contributed by atoms with Crippen molar-refractivity contribution in [2.24, 2.45) is 0 Å². The number of ether oxygens (including phenoxy) is 1. The van der Waals surface area contributed by atoms with Gasteiger partial charge in [0.05, 0.1) is 12.3 Å². The fraction of sp³-hybridized carbons (Fsp3) is 0.474. The van der Waals surface area contributed by atoms with Crippen molar-refractivity contribution in [3.63, 3.8) is 0 Å². The van der Waals surface area contributed by atoms with E-state index >= 15 is 0 Å². The Bertz CT molecular complexity index is 1090. The van der Waals surface area contributed by atoms with E-state index in [0.717, 1.165) is 22.7 Å². The molecule has 1 aliphatic heterocycles. The van der Waals surface area contributed by atoms with Crippen LogP contribution in [0, 0.1) is 6.92 Å². The lowest BCUT2D eigenvalue weighted by molar-refractivity contribution is -0.137. The Morgan fingerprint density at radius 2 is 2.00 bits per heavy atom. The van der Waals surface area contributed by atoms with Gasteiger partial charge in [0.1, 0.15) is 6.26 Å². The second-order valence-corrected chi connectivity index (χ2v) is 9.09. The van der Waals surface area contributed by atoms with Crippen LogP contribution in [0.1, 0.15) is 28.0 Å². The van der Waals surface area contributed by atoms with Gasteiger partial charge >= 0.3 is 16.4 Å². The van der Waals surface area contributed by atoms with Crippen LogP contribution in [0.3, 0.4) is 0 Å². The Kier molecular flexibility index (Phi) is 7.62. The van der Waals surface area contributed by atoms with Crippen LogP contribution in [0.15, 0.2) is 28.9 Å². The minimum absolute atomic E-state index is 0.0800. The first-order valence-electron chi connectivity index (χ1n) is 9.93. The van der Waals surface area contributed by atoms with Gasteiger partial charge in [0.25, 0.3) is 11.9 Å². The first-order valence-corrected chi connectivity index (χ1v) is 11.4. The number of aromatic nitrogens is 1. The van der Waals surface area contributed by atoms with Crippen molar-refractivity contribution in [1.82, 2.24) is 18.9 Å². The maximum Gasteiger partial charge on any atom is 0.416 e. The standard InChI is InChI=1S/C19H24F3N5O5S/c1-13-4-5-14(19(20,21)22)10-15(13)23-18-24-16(11-32-18)17(28)25-33(29,30)27-7-3-6-26(8-9-27)12-31-2/h4-5,10-11H,3,6-9,12H2,1-2H3,(H,23,24)(H,25,28). The number of anilines is 2. The molecule has 0 saturated carbocycles. The summed E-state index contributed by atoms with van der Waals surface area (Å²) in [5, 5.41) is 2.58. The zero-order valence-electron chi connectivity index (χ0n) is 18.0. The van der Waals surface area contributed by atoms with E-state index in [-0.39, 0.29) is 30.5 Å². The van der Waals surface area contributed by atoms with Crippen molar-refractivity contribution >= 4 is 27.8 Å². The van der Waals surface area contributed by atoms with Gasteiger partial charge in [-0.05, 0) is 31.0 Å². The number of benzene rings is 1. The number of carbonyl (C=O) groups excluding carboxylic acids is 1. The number of methoxy groups -OCH3 is 1. The number of halogens is 3. The van der Waals surface area contributed by atoms with Gasteiger partial charge in [-0.2, -0.15) is 30.9 Å². The Balaban J connectivity index is 1.66. The third-order valence-corrected chi connectivity index (χ3v) is 6.45. The maximum absolute atomic E-state index is 13.0. The molecule has 1 amide bonds. The SMILES string of the molecule is COCN1CCCN(S(=O)(=O)NC(=O)c2coc(Nc3cc(C(F)(F)F)ccc3C)n2)CC1. The second kappa shape index (κ2) is 10.1. The quantitative estimate of drug-likeness (QED) is 0.606. The zero-order chi connectivity index (χ0) is 24.2. The average Bonchev–Trinajstić information content (AvgIpc) is 3.06. The van der Waals surface area contributed by atoms with Crippen molar-refractivity contribution in [2.45, 2.75) is 19.5 Å². The molecule has 2 heterocycles.